The average molecular weight is 781 g/mol. The summed E-state index contributed by atoms with van der Waals surface area (Å²) in [6, 6.07) is 11.9. The molecule has 0 bridgehead atoms. The summed E-state index contributed by atoms with van der Waals surface area (Å²) in [5, 5.41) is 7.21. The highest BCUT2D eigenvalue weighted by atomic mass is 16.5. The number of benzene rings is 2. The average Bonchev–Trinajstić information content (AvgIpc) is 4.03. The van der Waals surface area contributed by atoms with E-state index in [1.54, 1.807) is 4.90 Å². The number of H-pyrrole nitrogens is 2. The Morgan fingerprint density at radius 2 is 1.35 bits per heavy atom. The number of ether oxygens (including phenoxy) is 3. The van der Waals surface area contributed by atoms with Crippen LogP contribution in [0.3, 0.4) is 0 Å². The fourth-order valence-electron chi connectivity index (χ4n) is 8.16. The first-order valence-electron chi connectivity index (χ1n) is 19.8. The minimum absolute atomic E-state index is 0.108. The first-order chi connectivity index (χ1) is 27.4. The van der Waals surface area contributed by atoms with Gasteiger partial charge in [-0.3, -0.25) is 9.59 Å². The highest BCUT2D eigenvalue weighted by molar-refractivity contribution is 5.87. The van der Waals surface area contributed by atoms with Crippen molar-refractivity contribution in [2.45, 2.75) is 89.9 Å². The topological polar surface area (TPSA) is 184 Å². The van der Waals surface area contributed by atoms with Crippen molar-refractivity contribution < 1.29 is 33.4 Å². The Bertz CT molecular complexity index is 2250. The number of carbonyl (C=O) groups is 4. The number of hydrogen-bond acceptors (Lipinski definition) is 9. The standard InChI is InChI=1S/C42H52N8O7/c1-23(2)34(47-41(53)55-5)39(51)49-20-8-11-31(49)37-43-28-19-16-26(22-30(28)45-37)25-14-17-27(18-15-25)57-33-13-7-10-29-36(33)46-38(44-29)32-12-9-21-50(32)40(52)35(24(3)4)48-42(54)56-6/h7,10,13-15,17-19,22-24,26,31-32,34-35H,8-9,11-12,16,20-21H2,1-6H3,(H,43,45)(H,44,46)(H,47,53)(H,48,54)/t26?,31-,32-,34-,35-/m0/s1. The van der Waals surface area contributed by atoms with E-state index in [1.807, 2.05) is 62.9 Å². The Hall–Kier alpha value is -5.86. The summed E-state index contributed by atoms with van der Waals surface area (Å²) in [6.07, 6.45) is 7.04. The number of aromatic nitrogens is 4. The zero-order valence-electron chi connectivity index (χ0n) is 33.3. The second-order valence-corrected chi connectivity index (χ2v) is 15.7. The van der Waals surface area contributed by atoms with Crippen LogP contribution in [0.2, 0.25) is 0 Å². The van der Waals surface area contributed by atoms with E-state index in [2.05, 4.69) is 44.9 Å². The summed E-state index contributed by atoms with van der Waals surface area (Å²) in [5.41, 5.74) is 2.60. The van der Waals surface area contributed by atoms with Gasteiger partial charge in [0.2, 0.25) is 11.8 Å². The maximum Gasteiger partial charge on any atom is 0.407 e. The Labute approximate surface area is 331 Å². The van der Waals surface area contributed by atoms with E-state index < -0.39 is 24.3 Å². The molecule has 15 heteroatoms. The van der Waals surface area contributed by atoms with Gasteiger partial charge in [-0.05, 0) is 73.8 Å². The van der Waals surface area contributed by atoms with Crippen molar-refractivity contribution in [3.05, 3.63) is 70.4 Å². The summed E-state index contributed by atoms with van der Waals surface area (Å²) < 4.78 is 15.9. The number of aromatic amines is 2. The highest BCUT2D eigenvalue weighted by Gasteiger charge is 2.39. The SMILES string of the molecule is COC(=O)N[C@H](C(=O)N1CCC[C@H]1c1nc2c([nH]1)=CC(c1ccc(Oc3cccc4[nH]c([C@@H]5CCCN5C(=O)[C@@H](NC(=O)OC)C(C)C)nc34)cc1)CC=2)C(C)C. The van der Waals surface area contributed by atoms with Crippen LogP contribution in [0.1, 0.15) is 95.0 Å². The number of carbonyl (C=O) groups excluding carboxylic acids is 4. The molecule has 302 valence electrons. The summed E-state index contributed by atoms with van der Waals surface area (Å²) in [4.78, 5) is 71.7. The van der Waals surface area contributed by atoms with Gasteiger partial charge in [0.1, 0.15) is 35.0 Å². The molecule has 2 saturated heterocycles. The predicted octanol–water partition coefficient (Wildman–Crippen LogP) is 4.92. The molecule has 5 atom stereocenters. The predicted molar refractivity (Wildman–Crippen MR) is 212 cm³/mol. The van der Waals surface area contributed by atoms with Gasteiger partial charge >= 0.3 is 12.2 Å². The van der Waals surface area contributed by atoms with Crippen molar-refractivity contribution >= 4 is 47.2 Å². The molecule has 57 heavy (non-hydrogen) atoms. The van der Waals surface area contributed by atoms with Crippen molar-refractivity contribution in [2.24, 2.45) is 11.8 Å². The Morgan fingerprint density at radius 1 is 0.772 bits per heavy atom. The number of nitrogens with one attached hydrogen (secondary N) is 4. The van der Waals surface area contributed by atoms with Gasteiger partial charge in [0.25, 0.3) is 0 Å². The lowest BCUT2D eigenvalue weighted by Gasteiger charge is -2.29. The highest BCUT2D eigenvalue weighted by Crippen LogP contribution is 2.36. The molecule has 0 radical (unpaired) electrons. The van der Waals surface area contributed by atoms with Crippen LogP contribution >= 0.6 is 0 Å². The molecule has 4 N–H and O–H groups in total. The quantitative estimate of drug-likeness (QED) is 0.164. The lowest BCUT2D eigenvalue weighted by atomic mass is 9.93. The summed E-state index contributed by atoms with van der Waals surface area (Å²) >= 11 is 0. The van der Waals surface area contributed by atoms with Crippen molar-refractivity contribution in [3.8, 4) is 11.5 Å². The fraction of sp³-hybridized carbons (Fsp3) is 0.476. The zero-order chi connectivity index (χ0) is 40.4. The van der Waals surface area contributed by atoms with Gasteiger partial charge in [-0.2, -0.15) is 0 Å². The number of amides is 4. The van der Waals surface area contributed by atoms with Crippen LogP contribution in [-0.4, -0.2) is 93.1 Å². The minimum atomic E-state index is -0.714. The minimum Gasteiger partial charge on any atom is -0.455 e. The molecule has 3 aliphatic rings. The van der Waals surface area contributed by atoms with Crippen LogP contribution in [0.5, 0.6) is 11.5 Å². The van der Waals surface area contributed by atoms with Crippen molar-refractivity contribution in [3.63, 3.8) is 0 Å². The molecule has 2 aromatic heterocycles. The first kappa shape index (κ1) is 39.4. The molecule has 15 nitrogen and oxygen atoms in total. The summed E-state index contributed by atoms with van der Waals surface area (Å²) in [6.45, 7) is 8.76. The normalized spacial score (nSPS) is 20.1. The van der Waals surface area contributed by atoms with Gasteiger partial charge in [0.05, 0.1) is 42.5 Å². The molecule has 2 fully saturated rings. The van der Waals surface area contributed by atoms with E-state index in [9.17, 15) is 19.2 Å². The van der Waals surface area contributed by atoms with Crippen molar-refractivity contribution in [2.75, 3.05) is 27.3 Å². The van der Waals surface area contributed by atoms with Gasteiger partial charge in [0, 0.05) is 19.0 Å². The van der Waals surface area contributed by atoms with Crippen LogP contribution in [0.4, 0.5) is 9.59 Å². The molecule has 1 unspecified atom stereocenters. The van der Waals surface area contributed by atoms with Crippen LogP contribution < -0.4 is 26.1 Å². The molecule has 1 aliphatic carbocycles. The molecule has 4 amide bonds. The maximum atomic E-state index is 13.7. The number of rotatable bonds is 11. The first-order valence-corrected chi connectivity index (χ1v) is 19.8. The van der Waals surface area contributed by atoms with Gasteiger partial charge in [-0.1, -0.05) is 58.0 Å². The third-order valence-electron chi connectivity index (χ3n) is 11.2. The third-order valence-corrected chi connectivity index (χ3v) is 11.2. The number of fused-ring (bicyclic) bond motifs is 2. The molecule has 7 rings (SSSR count). The summed E-state index contributed by atoms with van der Waals surface area (Å²) in [5.74, 6) is 2.27. The summed E-state index contributed by atoms with van der Waals surface area (Å²) in [7, 11) is 2.58. The van der Waals surface area contributed by atoms with E-state index in [1.165, 1.54) is 14.2 Å². The van der Waals surface area contributed by atoms with Crippen molar-refractivity contribution in [1.82, 2.24) is 40.4 Å². The van der Waals surface area contributed by atoms with Gasteiger partial charge in [0.15, 0.2) is 5.75 Å². The Kier molecular flexibility index (Phi) is 11.5. The second kappa shape index (κ2) is 16.7. The molecule has 4 heterocycles. The Morgan fingerprint density at radius 3 is 1.91 bits per heavy atom. The van der Waals surface area contributed by atoms with Crippen molar-refractivity contribution in [1.29, 1.82) is 0 Å². The van der Waals surface area contributed by atoms with E-state index >= 15 is 0 Å². The van der Waals surface area contributed by atoms with Gasteiger partial charge < -0.3 is 44.6 Å². The smallest absolute Gasteiger partial charge is 0.407 e. The largest absolute Gasteiger partial charge is 0.455 e. The van der Waals surface area contributed by atoms with Crippen LogP contribution in [0.25, 0.3) is 23.2 Å². The number of alkyl carbamates (subject to hydrolysis) is 2. The fourth-order valence-corrected chi connectivity index (χ4v) is 8.16. The number of nitrogens with zero attached hydrogens (tertiary/aromatic N) is 4. The monoisotopic (exact) mass is 780 g/mol. The third kappa shape index (κ3) is 8.19. The number of hydrogen-bond donors (Lipinski definition) is 4. The van der Waals surface area contributed by atoms with E-state index in [0.29, 0.717) is 35.9 Å². The zero-order valence-corrected chi connectivity index (χ0v) is 33.3. The van der Waals surface area contributed by atoms with E-state index in [-0.39, 0.29) is 41.7 Å². The number of imidazole rings is 2. The van der Waals surface area contributed by atoms with Gasteiger partial charge in [-0.25, -0.2) is 19.6 Å². The molecule has 0 saturated carbocycles. The molecule has 2 aliphatic heterocycles. The second-order valence-electron chi connectivity index (χ2n) is 15.7. The van der Waals surface area contributed by atoms with E-state index in [0.717, 1.165) is 59.7 Å². The van der Waals surface area contributed by atoms with Gasteiger partial charge in [-0.15, -0.1) is 0 Å². The molecule has 0 spiro atoms. The lowest BCUT2D eigenvalue weighted by molar-refractivity contribution is -0.136. The molecule has 4 aromatic rings. The molecular formula is C42H52N8O7. The number of methoxy groups -OCH3 is 2. The van der Waals surface area contributed by atoms with Crippen LogP contribution in [0, 0.1) is 11.8 Å². The molecular weight excluding hydrogens is 729 g/mol. The van der Waals surface area contributed by atoms with E-state index in [4.69, 9.17) is 24.2 Å². The number of likely N-dealkylation sites (tertiary alicyclic amines) is 2. The lowest BCUT2D eigenvalue weighted by Crippen LogP contribution is -2.51. The number of para-hydroxylation sites is 1. The molecule has 2 aromatic carbocycles. The van der Waals surface area contributed by atoms with Crippen LogP contribution in [0.15, 0.2) is 42.5 Å². The van der Waals surface area contributed by atoms with Crippen LogP contribution in [-0.2, 0) is 19.1 Å². The Balaban J connectivity index is 1.04. The maximum absolute atomic E-state index is 13.7.